The van der Waals surface area contributed by atoms with E-state index in [1.807, 2.05) is 6.07 Å². The van der Waals surface area contributed by atoms with Crippen LogP contribution in [-0.2, 0) is 4.57 Å². The quantitative estimate of drug-likeness (QED) is 0.323. The lowest BCUT2D eigenvalue weighted by Gasteiger charge is -2.17. The maximum Gasteiger partial charge on any atom is 0.201 e. The van der Waals surface area contributed by atoms with Crippen LogP contribution in [0.3, 0.4) is 0 Å². The van der Waals surface area contributed by atoms with Gasteiger partial charge in [-0.05, 0) is 24.5 Å². The molecule has 0 aliphatic rings. The van der Waals surface area contributed by atoms with Crippen LogP contribution in [0.4, 0.5) is 0 Å². The molecule has 30 heavy (non-hydrogen) atoms. The molecule has 2 rings (SSSR count). The molecule has 6 heteroatoms. The number of carbonyl (C=O) groups excluding carboxylic acids is 1. The molecule has 2 atom stereocenters. The summed E-state index contributed by atoms with van der Waals surface area (Å²) < 4.78 is 29.4. The molecule has 1 radical (unpaired) electrons. The molecule has 0 aromatic heterocycles. The van der Waals surface area contributed by atoms with Crippen molar-refractivity contribution in [2.24, 2.45) is 5.92 Å². The normalized spacial score (nSPS) is 12.2. The molecule has 0 saturated heterocycles. The number of carbonyl (C=O) groups is 1. The first kappa shape index (κ1) is 23.9. The number of hydrogen-bond acceptors (Lipinski definition) is 5. The Balaban J connectivity index is 2.45. The Kier molecular flexibility index (Phi) is 9.32. The van der Waals surface area contributed by atoms with Gasteiger partial charge in [-0.25, -0.2) is 0 Å². The van der Waals surface area contributed by atoms with Crippen LogP contribution in [-0.4, -0.2) is 33.3 Å². The minimum atomic E-state index is -1.70. The molecule has 0 bridgehead atoms. The second kappa shape index (κ2) is 11.7. The minimum absolute atomic E-state index is 0.271. The average molecular weight is 431 g/mol. The van der Waals surface area contributed by atoms with Gasteiger partial charge in [-0.3, -0.25) is 9.36 Å². The predicted octanol–water partition coefficient (Wildman–Crippen LogP) is 5.61. The lowest BCUT2D eigenvalue weighted by atomic mass is 10.0. The third-order valence-electron chi connectivity index (χ3n) is 5.33. The van der Waals surface area contributed by atoms with E-state index in [9.17, 15) is 9.36 Å². The van der Waals surface area contributed by atoms with Crippen molar-refractivity contribution in [3.8, 4) is 17.2 Å². The van der Waals surface area contributed by atoms with E-state index in [4.69, 9.17) is 14.2 Å². The van der Waals surface area contributed by atoms with Gasteiger partial charge >= 0.3 is 0 Å². The molecule has 0 heterocycles. The summed E-state index contributed by atoms with van der Waals surface area (Å²) in [6, 6.07) is 10.4. The smallest absolute Gasteiger partial charge is 0.201 e. The van der Waals surface area contributed by atoms with Gasteiger partial charge in [-0.1, -0.05) is 45.2 Å². The highest BCUT2D eigenvalue weighted by Crippen LogP contribution is 2.37. The van der Waals surface area contributed by atoms with E-state index >= 15 is 0 Å². The summed E-state index contributed by atoms with van der Waals surface area (Å²) in [7, 11) is 2.84. The van der Waals surface area contributed by atoms with Gasteiger partial charge in [0.05, 0.1) is 21.3 Å². The summed E-state index contributed by atoms with van der Waals surface area (Å²) in [5, 5.41) is 0.590. The highest BCUT2D eigenvalue weighted by Gasteiger charge is 2.26. The van der Waals surface area contributed by atoms with Crippen molar-refractivity contribution >= 4 is 18.9 Å². The molecule has 0 saturated carbocycles. The van der Waals surface area contributed by atoms with E-state index in [0.717, 1.165) is 25.7 Å². The topological polar surface area (TPSA) is 61.8 Å². The van der Waals surface area contributed by atoms with Gasteiger partial charge in [0.1, 0.15) is 30.6 Å². The lowest BCUT2D eigenvalue weighted by molar-refractivity contribution is 0.103. The molecular formula is C24H32O5P. The largest absolute Gasteiger partial charge is 0.496 e. The van der Waals surface area contributed by atoms with Gasteiger partial charge in [0.2, 0.25) is 5.78 Å². The molecule has 2 aromatic rings. The first-order chi connectivity index (χ1) is 14.5. The van der Waals surface area contributed by atoms with Crippen LogP contribution >= 0.6 is 7.80 Å². The molecule has 2 unspecified atom stereocenters. The highest BCUT2D eigenvalue weighted by molar-refractivity contribution is 7.53. The molecule has 0 fully saturated rings. The SMILES string of the molecule is CCCCC(CC)C[P](=O)c1ccccc1C(=O)c1c(OC)cc(OC)cc1OC. The van der Waals surface area contributed by atoms with Crippen LogP contribution in [0, 0.1) is 5.92 Å². The predicted molar refractivity (Wildman–Crippen MR) is 121 cm³/mol. The van der Waals surface area contributed by atoms with Gasteiger partial charge in [0, 0.05) is 29.2 Å². The fourth-order valence-electron chi connectivity index (χ4n) is 3.50. The molecule has 163 valence electrons. The van der Waals surface area contributed by atoms with Crippen molar-refractivity contribution in [2.75, 3.05) is 27.5 Å². The van der Waals surface area contributed by atoms with Crippen LogP contribution in [0.2, 0.25) is 0 Å². The number of ketones is 1. The maximum atomic E-state index is 13.5. The van der Waals surface area contributed by atoms with Crippen LogP contribution in [0.1, 0.15) is 55.5 Å². The van der Waals surface area contributed by atoms with Crippen LogP contribution in [0.5, 0.6) is 17.2 Å². The van der Waals surface area contributed by atoms with E-state index in [0.29, 0.717) is 45.8 Å². The van der Waals surface area contributed by atoms with Gasteiger partial charge < -0.3 is 14.2 Å². The van der Waals surface area contributed by atoms with Crippen LogP contribution in [0.15, 0.2) is 36.4 Å². The Hall–Kier alpha value is -2.39. The van der Waals surface area contributed by atoms with Crippen molar-refractivity contribution in [2.45, 2.75) is 39.5 Å². The van der Waals surface area contributed by atoms with E-state index in [2.05, 4.69) is 13.8 Å². The number of ether oxygens (including phenoxy) is 3. The van der Waals surface area contributed by atoms with Gasteiger partial charge in [0.25, 0.3) is 0 Å². The van der Waals surface area contributed by atoms with E-state index in [1.54, 1.807) is 37.4 Å². The highest BCUT2D eigenvalue weighted by atomic mass is 31.1. The third kappa shape index (κ3) is 5.60. The van der Waals surface area contributed by atoms with Crippen LogP contribution in [0.25, 0.3) is 0 Å². The Bertz CT molecular complexity index is 853. The van der Waals surface area contributed by atoms with E-state index < -0.39 is 7.80 Å². The molecule has 0 aliphatic heterocycles. The van der Waals surface area contributed by atoms with Gasteiger partial charge in [-0.15, -0.1) is 0 Å². The molecule has 0 spiro atoms. The van der Waals surface area contributed by atoms with E-state index in [-0.39, 0.29) is 5.78 Å². The number of hydrogen-bond donors (Lipinski definition) is 0. The Labute approximate surface area is 180 Å². The summed E-state index contributed by atoms with van der Waals surface area (Å²) in [6.07, 6.45) is 4.89. The molecule has 5 nitrogen and oxygen atoms in total. The van der Waals surface area contributed by atoms with E-state index in [1.165, 1.54) is 14.2 Å². The third-order valence-corrected chi connectivity index (χ3v) is 7.10. The zero-order chi connectivity index (χ0) is 22.1. The Morgan fingerprint density at radius 3 is 2.17 bits per heavy atom. The molecule has 0 aliphatic carbocycles. The zero-order valence-electron chi connectivity index (χ0n) is 18.6. The van der Waals surface area contributed by atoms with Crippen molar-refractivity contribution in [3.63, 3.8) is 0 Å². The second-order valence-electron chi connectivity index (χ2n) is 7.23. The van der Waals surface area contributed by atoms with Crippen LogP contribution < -0.4 is 19.5 Å². The Morgan fingerprint density at radius 1 is 1.00 bits per heavy atom. The minimum Gasteiger partial charge on any atom is -0.496 e. The standard InChI is InChI=1S/C24H32O5P/c1-6-8-11-17(7-2)16-30(26)22-13-10-9-12-19(22)24(25)23-20(28-4)14-18(27-3)15-21(23)29-5/h9-10,12-15,17H,6-8,11,16H2,1-5H3. The van der Waals surface area contributed by atoms with Crippen molar-refractivity contribution < 1.29 is 23.6 Å². The van der Waals surface area contributed by atoms with Crippen molar-refractivity contribution in [1.29, 1.82) is 0 Å². The average Bonchev–Trinajstić information content (AvgIpc) is 2.79. The monoisotopic (exact) mass is 431 g/mol. The number of unbranched alkanes of at least 4 members (excludes halogenated alkanes) is 1. The first-order valence-electron chi connectivity index (χ1n) is 10.4. The summed E-state index contributed by atoms with van der Waals surface area (Å²) in [6.45, 7) is 4.30. The summed E-state index contributed by atoms with van der Waals surface area (Å²) in [5.74, 6) is 1.36. The molecule has 2 aromatic carbocycles. The summed E-state index contributed by atoms with van der Waals surface area (Å²) in [5.41, 5.74) is 0.723. The number of benzene rings is 2. The molecule has 0 N–H and O–H groups in total. The number of methoxy groups -OCH3 is 3. The summed E-state index contributed by atoms with van der Waals surface area (Å²) in [4.78, 5) is 13.5. The maximum absolute atomic E-state index is 13.5. The summed E-state index contributed by atoms with van der Waals surface area (Å²) >= 11 is 0. The van der Waals surface area contributed by atoms with Crippen molar-refractivity contribution in [1.82, 2.24) is 0 Å². The van der Waals surface area contributed by atoms with Crippen molar-refractivity contribution in [3.05, 3.63) is 47.5 Å². The number of rotatable bonds is 12. The van der Waals surface area contributed by atoms with Gasteiger partial charge in [0.15, 0.2) is 0 Å². The first-order valence-corrected chi connectivity index (χ1v) is 11.8. The zero-order valence-corrected chi connectivity index (χ0v) is 19.5. The second-order valence-corrected chi connectivity index (χ2v) is 8.83. The Morgan fingerprint density at radius 2 is 1.63 bits per heavy atom. The molecule has 0 amide bonds. The lowest BCUT2D eigenvalue weighted by Crippen LogP contribution is -2.17. The fourth-order valence-corrected chi connectivity index (χ4v) is 5.30. The van der Waals surface area contributed by atoms with Gasteiger partial charge in [-0.2, -0.15) is 0 Å². The molecular weight excluding hydrogens is 399 g/mol. The fraction of sp³-hybridized carbons (Fsp3) is 0.458.